The fourth-order valence-electron chi connectivity index (χ4n) is 1.61. The van der Waals surface area contributed by atoms with Crippen LogP contribution in [0.3, 0.4) is 0 Å². The summed E-state index contributed by atoms with van der Waals surface area (Å²) in [5.41, 5.74) is 8.81. The quantitative estimate of drug-likeness (QED) is 0.763. The highest BCUT2D eigenvalue weighted by molar-refractivity contribution is 6.06. The third-order valence-electron chi connectivity index (χ3n) is 2.74. The van der Waals surface area contributed by atoms with Gasteiger partial charge in [0.05, 0.1) is 23.3 Å². The van der Waals surface area contributed by atoms with E-state index in [4.69, 9.17) is 5.73 Å². The highest BCUT2D eigenvalue weighted by atomic mass is 16.2. The number of pyridine rings is 1. The Hall–Kier alpha value is -2.37. The van der Waals surface area contributed by atoms with Crippen molar-refractivity contribution in [1.29, 1.82) is 0 Å². The van der Waals surface area contributed by atoms with Gasteiger partial charge in [-0.15, -0.1) is 0 Å². The predicted molar refractivity (Wildman–Crippen MR) is 69.3 cm³/mol. The van der Waals surface area contributed by atoms with E-state index in [-0.39, 0.29) is 11.6 Å². The number of nitrogens with one attached hydrogen (secondary N) is 2. The highest BCUT2D eigenvalue weighted by Gasteiger charge is 2.16. The lowest BCUT2D eigenvalue weighted by atomic mass is 10.2. The van der Waals surface area contributed by atoms with Crippen molar-refractivity contribution >= 4 is 17.3 Å². The monoisotopic (exact) mass is 245 g/mol. The molecule has 0 spiro atoms. The summed E-state index contributed by atoms with van der Waals surface area (Å²) in [5.74, 6) is -0.334. The molecule has 2 aromatic heterocycles. The molecule has 2 aromatic rings. The zero-order chi connectivity index (χ0) is 13.1. The lowest BCUT2D eigenvalue weighted by molar-refractivity contribution is 0.102. The lowest BCUT2D eigenvalue weighted by Crippen LogP contribution is -2.15. The van der Waals surface area contributed by atoms with Crippen LogP contribution in [0.15, 0.2) is 18.5 Å². The summed E-state index contributed by atoms with van der Waals surface area (Å²) in [6.07, 6.45) is 3.97. The maximum absolute atomic E-state index is 12.0. The minimum atomic E-state index is -0.334. The van der Waals surface area contributed by atoms with E-state index in [2.05, 4.69) is 20.5 Å². The zero-order valence-corrected chi connectivity index (χ0v) is 10.3. The Bertz CT molecular complexity index is 576. The Morgan fingerprint density at radius 2 is 2.33 bits per heavy atom. The molecule has 2 rings (SSSR count). The van der Waals surface area contributed by atoms with Crippen molar-refractivity contribution in [3.05, 3.63) is 35.4 Å². The maximum atomic E-state index is 12.0. The summed E-state index contributed by atoms with van der Waals surface area (Å²) in [6.45, 7) is 3.83. The van der Waals surface area contributed by atoms with Crippen molar-refractivity contribution in [3.8, 4) is 0 Å². The van der Waals surface area contributed by atoms with Crippen LogP contribution < -0.4 is 11.1 Å². The number of amides is 1. The third-order valence-corrected chi connectivity index (χ3v) is 2.74. The maximum Gasteiger partial charge on any atom is 0.278 e. The van der Waals surface area contributed by atoms with Crippen molar-refractivity contribution in [1.82, 2.24) is 15.2 Å². The number of aromatic amines is 1. The van der Waals surface area contributed by atoms with Gasteiger partial charge >= 0.3 is 0 Å². The smallest absolute Gasteiger partial charge is 0.278 e. The van der Waals surface area contributed by atoms with Crippen LogP contribution in [0.2, 0.25) is 0 Å². The lowest BCUT2D eigenvalue weighted by Gasteiger charge is -2.06. The first-order valence-electron chi connectivity index (χ1n) is 5.68. The van der Waals surface area contributed by atoms with Gasteiger partial charge in [0, 0.05) is 6.20 Å². The molecule has 0 aliphatic carbocycles. The minimum absolute atomic E-state index is 0.218. The molecule has 0 atom stereocenters. The van der Waals surface area contributed by atoms with Gasteiger partial charge in [-0.2, -0.15) is 5.10 Å². The first kappa shape index (κ1) is 12.1. The molecule has 6 nitrogen and oxygen atoms in total. The van der Waals surface area contributed by atoms with Crippen molar-refractivity contribution in [3.63, 3.8) is 0 Å². The number of hydrogen-bond acceptors (Lipinski definition) is 4. The summed E-state index contributed by atoms with van der Waals surface area (Å²) >= 11 is 0. The van der Waals surface area contributed by atoms with Crippen LogP contribution in [-0.4, -0.2) is 21.1 Å². The van der Waals surface area contributed by atoms with E-state index in [1.807, 2.05) is 19.9 Å². The number of nitrogens with two attached hydrogens (primary N) is 1. The molecular formula is C12H15N5O. The van der Waals surface area contributed by atoms with Gasteiger partial charge in [-0.05, 0) is 25.0 Å². The van der Waals surface area contributed by atoms with E-state index in [0.717, 1.165) is 11.3 Å². The summed E-state index contributed by atoms with van der Waals surface area (Å²) in [6, 6.07) is 1.82. The largest absolute Gasteiger partial charge is 0.395 e. The van der Waals surface area contributed by atoms with E-state index in [9.17, 15) is 4.79 Å². The summed E-state index contributed by atoms with van der Waals surface area (Å²) in [7, 11) is 0. The van der Waals surface area contributed by atoms with Crippen LogP contribution in [0.1, 0.15) is 28.7 Å². The number of nitrogens with zero attached hydrogens (tertiary/aromatic N) is 2. The van der Waals surface area contributed by atoms with Crippen LogP contribution in [-0.2, 0) is 6.42 Å². The van der Waals surface area contributed by atoms with Crippen LogP contribution in [0.5, 0.6) is 0 Å². The number of anilines is 2. The SMILES string of the molecule is CCc1[nH]nc(C(=O)Nc2cnccc2C)c1N. The number of aryl methyl sites for hydroxylation is 2. The van der Waals surface area contributed by atoms with Crippen LogP contribution in [0, 0.1) is 6.92 Å². The van der Waals surface area contributed by atoms with Crippen molar-refractivity contribution in [2.24, 2.45) is 0 Å². The second-order valence-corrected chi connectivity index (χ2v) is 3.96. The summed E-state index contributed by atoms with van der Waals surface area (Å²) in [5, 5.41) is 9.42. The van der Waals surface area contributed by atoms with Crippen LogP contribution >= 0.6 is 0 Å². The number of carbonyl (C=O) groups excluding carboxylic acids is 1. The average Bonchev–Trinajstić information content (AvgIpc) is 2.73. The second kappa shape index (κ2) is 4.87. The van der Waals surface area contributed by atoms with E-state index >= 15 is 0 Å². The minimum Gasteiger partial charge on any atom is -0.395 e. The highest BCUT2D eigenvalue weighted by Crippen LogP contribution is 2.17. The predicted octanol–water partition coefficient (Wildman–Crippen LogP) is 1.51. The third kappa shape index (κ3) is 2.17. The summed E-state index contributed by atoms with van der Waals surface area (Å²) < 4.78 is 0. The first-order valence-corrected chi connectivity index (χ1v) is 5.68. The molecule has 4 N–H and O–H groups in total. The van der Waals surface area contributed by atoms with Crippen molar-refractivity contribution in [2.75, 3.05) is 11.1 Å². The molecule has 2 heterocycles. The fraction of sp³-hybridized carbons (Fsp3) is 0.250. The molecule has 0 aliphatic rings. The Labute approximate surface area is 105 Å². The zero-order valence-electron chi connectivity index (χ0n) is 10.3. The molecule has 94 valence electrons. The van der Waals surface area contributed by atoms with E-state index in [1.54, 1.807) is 12.4 Å². The second-order valence-electron chi connectivity index (χ2n) is 3.96. The number of rotatable bonds is 3. The molecule has 0 aromatic carbocycles. The van der Waals surface area contributed by atoms with Gasteiger partial charge in [-0.1, -0.05) is 6.92 Å². The van der Waals surface area contributed by atoms with Gasteiger partial charge in [0.15, 0.2) is 5.69 Å². The molecule has 0 bridgehead atoms. The van der Waals surface area contributed by atoms with Gasteiger partial charge < -0.3 is 11.1 Å². The Balaban J connectivity index is 2.22. The van der Waals surface area contributed by atoms with Gasteiger partial charge in [0.25, 0.3) is 5.91 Å². The number of H-pyrrole nitrogens is 1. The topological polar surface area (TPSA) is 96.7 Å². The summed E-state index contributed by atoms with van der Waals surface area (Å²) in [4.78, 5) is 16.0. The molecule has 0 saturated carbocycles. The molecule has 0 fully saturated rings. The molecule has 0 saturated heterocycles. The molecular weight excluding hydrogens is 230 g/mol. The van der Waals surface area contributed by atoms with Crippen LogP contribution in [0.25, 0.3) is 0 Å². The number of aromatic nitrogens is 3. The van der Waals surface area contributed by atoms with E-state index in [0.29, 0.717) is 17.8 Å². The molecule has 18 heavy (non-hydrogen) atoms. The molecule has 6 heteroatoms. The Morgan fingerprint density at radius 3 is 2.94 bits per heavy atom. The normalized spacial score (nSPS) is 10.3. The van der Waals surface area contributed by atoms with Crippen LogP contribution in [0.4, 0.5) is 11.4 Å². The number of hydrogen-bond donors (Lipinski definition) is 3. The average molecular weight is 245 g/mol. The van der Waals surface area contributed by atoms with Gasteiger partial charge in [-0.3, -0.25) is 14.9 Å². The number of carbonyl (C=O) groups is 1. The molecule has 0 unspecified atom stereocenters. The van der Waals surface area contributed by atoms with Crippen molar-refractivity contribution in [2.45, 2.75) is 20.3 Å². The standard InChI is InChI=1S/C12H15N5O/c1-3-8-10(13)11(17-16-8)12(18)15-9-6-14-5-4-7(9)2/h4-6H,3,13H2,1-2H3,(H,15,18)(H,16,17). The van der Waals surface area contributed by atoms with Gasteiger partial charge in [0.2, 0.25) is 0 Å². The van der Waals surface area contributed by atoms with Gasteiger partial charge in [0.1, 0.15) is 0 Å². The van der Waals surface area contributed by atoms with Gasteiger partial charge in [-0.25, -0.2) is 0 Å². The number of nitrogen functional groups attached to an aromatic ring is 1. The molecule has 0 radical (unpaired) electrons. The van der Waals surface area contributed by atoms with E-state index in [1.165, 1.54) is 0 Å². The molecule has 0 aliphatic heterocycles. The van der Waals surface area contributed by atoms with Crippen molar-refractivity contribution < 1.29 is 4.79 Å². The van der Waals surface area contributed by atoms with E-state index < -0.39 is 0 Å². The molecule has 1 amide bonds. The Morgan fingerprint density at radius 1 is 1.56 bits per heavy atom. The first-order chi connectivity index (χ1) is 8.63. The Kier molecular flexibility index (Phi) is 3.27. The fourth-order valence-corrected chi connectivity index (χ4v) is 1.61.